The van der Waals surface area contributed by atoms with E-state index in [-0.39, 0.29) is 28.1 Å². The monoisotopic (exact) mass is 411 g/mol. The van der Waals surface area contributed by atoms with Gasteiger partial charge < -0.3 is 4.90 Å². The zero-order valence-electron chi connectivity index (χ0n) is 15.8. The average Bonchev–Trinajstić information content (AvgIpc) is 3.43. The van der Waals surface area contributed by atoms with Crippen LogP contribution in [0.15, 0.2) is 47.4 Å². The molecule has 0 radical (unpaired) electrons. The molecule has 0 unspecified atom stereocenters. The van der Waals surface area contributed by atoms with E-state index in [2.05, 4.69) is 23.1 Å². The van der Waals surface area contributed by atoms with Gasteiger partial charge in [-0.3, -0.25) is 10.1 Å². The van der Waals surface area contributed by atoms with Gasteiger partial charge in [0.2, 0.25) is 0 Å². The highest BCUT2D eigenvalue weighted by molar-refractivity contribution is 7.89. The molecule has 29 heavy (non-hydrogen) atoms. The summed E-state index contributed by atoms with van der Waals surface area (Å²) in [6, 6.07) is 12.1. The van der Waals surface area contributed by atoms with Gasteiger partial charge in [0, 0.05) is 30.3 Å². The lowest BCUT2D eigenvalue weighted by molar-refractivity contribution is -0.387. The summed E-state index contributed by atoms with van der Waals surface area (Å²) in [5.74, 6) is 0.252. The number of nitrogens with zero attached hydrogens (tertiary/aromatic N) is 3. The first kappa shape index (κ1) is 17.4. The van der Waals surface area contributed by atoms with E-state index in [1.54, 1.807) is 10.4 Å². The summed E-state index contributed by atoms with van der Waals surface area (Å²) < 4.78 is 29.1. The highest BCUT2D eigenvalue weighted by atomic mass is 32.2. The van der Waals surface area contributed by atoms with Crippen molar-refractivity contribution in [3.8, 4) is 0 Å². The SMILES string of the molecule is O=[N+]([O-])c1ccccc1S(=O)(=O)N1C[C@@H]2CCC[C@@]23c2cccc4c2N(CC4)[C@H]13. The summed E-state index contributed by atoms with van der Waals surface area (Å²) in [5.41, 5.74) is 3.26. The highest BCUT2D eigenvalue weighted by Crippen LogP contribution is 2.64. The van der Waals surface area contributed by atoms with E-state index in [4.69, 9.17) is 0 Å². The Bertz CT molecular complexity index is 1160. The number of para-hydroxylation sites is 2. The maximum absolute atomic E-state index is 13.8. The topological polar surface area (TPSA) is 83.8 Å². The number of anilines is 1. The smallest absolute Gasteiger partial charge is 0.289 e. The number of rotatable bonds is 3. The lowest BCUT2D eigenvalue weighted by Crippen LogP contribution is -2.51. The molecule has 3 aliphatic heterocycles. The molecular weight excluding hydrogens is 390 g/mol. The van der Waals surface area contributed by atoms with Gasteiger partial charge in [-0.1, -0.05) is 36.8 Å². The summed E-state index contributed by atoms with van der Waals surface area (Å²) in [6.07, 6.45) is 3.70. The Balaban J connectivity index is 1.54. The van der Waals surface area contributed by atoms with Crippen LogP contribution in [0.3, 0.4) is 0 Å². The minimum atomic E-state index is -4.00. The van der Waals surface area contributed by atoms with Crippen LogP contribution in [0.25, 0.3) is 0 Å². The first-order valence-electron chi connectivity index (χ1n) is 10.1. The fourth-order valence-electron chi connectivity index (χ4n) is 6.49. The lowest BCUT2D eigenvalue weighted by Gasteiger charge is -2.36. The number of nitro benzene ring substituents is 1. The molecule has 8 heteroatoms. The molecule has 0 aromatic heterocycles. The molecule has 3 heterocycles. The van der Waals surface area contributed by atoms with Crippen LogP contribution in [0.2, 0.25) is 0 Å². The third-order valence-corrected chi connectivity index (χ3v) is 9.35. The van der Waals surface area contributed by atoms with E-state index in [1.807, 2.05) is 0 Å². The van der Waals surface area contributed by atoms with Gasteiger partial charge in [-0.15, -0.1) is 0 Å². The van der Waals surface area contributed by atoms with Gasteiger partial charge in [0.05, 0.1) is 4.92 Å². The lowest BCUT2D eigenvalue weighted by atomic mass is 9.73. The Hall–Kier alpha value is -2.45. The second-order valence-electron chi connectivity index (χ2n) is 8.56. The number of hydrogen-bond acceptors (Lipinski definition) is 5. The Labute approximate surface area is 169 Å². The van der Waals surface area contributed by atoms with Crippen molar-refractivity contribution in [1.82, 2.24) is 4.31 Å². The van der Waals surface area contributed by atoms with Crippen LogP contribution in [0.5, 0.6) is 0 Å². The fourth-order valence-corrected chi connectivity index (χ4v) is 8.34. The van der Waals surface area contributed by atoms with E-state index >= 15 is 0 Å². The van der Waals surface area contributed by atoms with Crippen molar-refractivity contribution in [2.45, 2.75) is 42.2 Å². The quantitative estimate of drug-likeness (QED) is 0.573. The van der Waals surface area contributed by atoms with Gasteiger partial charge in [0.15, 0.2) is 4.90 Å². The number of hydrogen-bond donors (Lipinski definition) is 0. The van der Waals surface area contributed by atoms with E-state index in [1.165, 1.54) is 35.0 Å². The van der Waals surface area contributed by atoms with Crippen LogP contribution >= 0.6 is 0 Å². The van der Waals surface area contributed by atoms with Crippen molar-refractivity contribution >= 4 is 21.4 Å². The van der Waals surface area contributed by atoms with Crippen LogP contribution in [0.4, 0.5) is 11.4 Å². The number of nitro groups is 1. The maximum Gasteiger partial charge on any atom is 0.289 e. The summed E-state index contributed by atoms with van der Waals surface area (Å²) >= 11 is 0. The molecule has 7 nitrogen and oxygen atoms in total. The maximum atomic E-state index is 13.8. The van der Waals surface area contributed by atoms with Crippen molar-refractivity contribution in [1.29, 1.82) is 0 Å². The zero-order valence-corrected chi connectivity index (χ0v) is 16.6. The number of fused-ring (bicyclic) bond motifs is 1. The van der Waals surface area contributed by atoms with Crippen molar-refractivity contribution in [3.05, 3.63) is 63.7 Å². The minimum Gasteiger partial charge on any atom is -0.353 e. The molecule has 2 fully saturated rings. The molecule has 0 N–H and O–H groups in total. The molecule has 1 aliphatic carbocycles. The highest BCUT2D eigenvalue weighted by Gasteiger charge is 2.67. The van der Waals surface area contributed by atoms with Gasteiger partial charge in [-0.05, 0) is 42.4 Å². The third kappa shape index (κ3) is 1.98. The Morgan fingerprint density at radius 3 is 2.79 bits per heavy atom. The van der Waals surface area contributed by atoms with Crippen molar-refractivity contribution in [3.63, 3.8) is 0 Å². The summed E-state index contributed by atoms with van der Waals surface area (Å²) in [7, 11) is -4.00. The molecule has 1 saturated heterocycles. The van der Waals surface area contributed by atoms with Crippen LogP contribution in [-0.4, -0.2) is 36.9 Å². The molecule has 0 amide bonds. The predicted molar refractivity (Wildman–Crippen MR) is 107 cm³/mol. The number of sulfonamides is 1. The van der Waals surface area contributed by atoms with Crippen molar-refractivity contribution < 1.29 is 13.3 Å². The molecular formula is C21H21N3O4S. The third-order valence-electron chi connectivity index (χ3n) is 7.48. The molecule has 2 aromatic carbocycles. The second kappa shape index (κ2) is 5.58. The normalized spacial score (nSPS) is 29.7. The molecule has 1 saturated carbocycles. The fraction of sp³-hybridized carbons (Fsp3) is 0.429. The minimum absolute atomic E-state index is 0.192. The summed E-state index contributed by atoms with van der Waals surface area (Å²) in [4.78, 5) is 13.0. The van der Waals surface area contributed by atoms with Gasteiger partial charge >= 0.3 is 0 Å². The van der Waals surface area contributed by atoms with Crippen molar-refractivity contribution in [2.24, 2.45) is 5.92 Å². The molecule has 150 valence electrons. The Morgan fingerprint density at radius 2 is 1.97 bits per heavy atom. The molecule has 4 aliphatic rings. The van der Waals surface area contributed by atoms with Crippen LogP contribution in [0.1, 0.15) is 30.4 Å². The van der Waals surface area contributed by atoms with Gasteiger partial charge in [0.25, 0.3) is 15.7 Å². The Kier molecular flexibility index (Phi) is 3.35. The van der Waals surface area contributed by atoms with E-state index < -0.39 is 14.9 Å². The Morgan fingerprint density at radius 1 is 1.14 bits per heavy atom. The largest absolute Gasteiger partial charge is 0.353 e. The van der Waals surface area contributed by atoms with Crippen LogP contribution in [0, 0.1) is 16.0 Å². The van der Waals surface area contributed by atoms with Gasteiger partial charge in [-0.25, -0.2) is 8.42 Å². The first-order valence-corrected chi connectivity index (χ1v) is 11.5. The van der Waals surface area contributed by atoms with E-state index in [0.717, 1.165) is 32.2 Å². The number of benzene rings is 2. The van der Waals surface area contributed by atoms with Crippen LogP contribution in [-0.2, 0) is 21.9 Å². The van der Waals surface area contributed by atoms with E-state index in [9.17, 15) is 18.5 Å². The molecule has 0 bridgehead atoms. The van der Waals surface area contributed by atoms with Crippen molar-refractivity contribution in [2.75, 3.05) is 18.0 Å². The van der Waals surface area contributed by atoms with Gasteiger partial charge in [0.1, 0.15) is 6.17 Å². The summed E-state index contributed by atoms with van der Waals surface area (Å²) in [6.45, 7) is 1.23. The first-order chi connectivity index (χ1) is 14.0. The second-order valence-corrected chi connectivity index (χ2v) is 10.4. The standard InChI is InChI=1S/C21H21N3O4S/c25-24(26)17-8-1-2-9-18(17)29(27,28)23-13-15-6-4-11-21(15)16-7-3-5-14-10-12-22(19(14)16)20(21)23/h1-3,5,7-9,15,20H,4,6,10-13H2/t15-,20+,21-/m0/s1. The summed E-state index contributed by atoms with van der Waals surface area (Å²) in [5, 5.41) is 11.5. The molecule has 6 rings (SSSR count). The van der Waals surface area contributed by atoms with Gasteiger partial charge in [-0.2, -0.15) is 4.31 Å². The molecule has 1 spiro atoms. The molecule has 3 atom stereocenters. The zero-order chi connectivity index (χ0) is 20.0. The van der Waals surface area contributed by atoms with Crippen LogP contribution < -0.4 is 4.90 Å². The molecule has 2 aromatic rings. The van der Waals surface area contributed by atoms with E-state index in [0.29, 0.717) is 6.54 Å². The average molecular weight is 411 g/mol. The predicted octanol–water partition coefficient (Wildman–Crippen LogP) is 3.04.